The maximum Gasteiger partial charge on any atom is 0.272 e. The highest BCUT2D eigenvalue weighted by molar-refractivity contribution is 6.38. The number of nitro benzene ring substituents is 1. The van der Waals surface area contributed by atoms with Gasteiger partial charge < -0.3 is 10.6 Å². The first-order valence-corrected chi connectivity index (χ1v) is 7.89. The molecule has 1 aromatic carbocycles. The van der Waals surface area contributed by atoms with Crippen molar-refractivity contribution in [3.05, 3.63) is 50.2 Å². The first kappa shape index (κ1) is 19.5. The molecule has 0 spiro atoms. The summed E-state index contributed by atoms with van der Waals surface area (Å²) in [6, 6.07) is 3.91. The molecule has 0 radical (unpaired) electrons. The number of benzene rings is 1. The summed E-state index contributed by atoms with van der Waals surface area (Å²) in [4.78, 5) is 22.3. The number of halogens is 3. The Morgan fingerprint density at radius 2 is 2.04 bits per heavy atom. The molecular weight excluding hydrogens is 393 g/mol. The summed E-state index contributed by atoms with van der Waals surface area (Å²) in [5.41, 5.74) is 0.284. The summed E-state index contributed by atoms with van der Waals surface area (Å²) in [6.07, 6.45) is 1.53. The average Bonchev–Trinajstić information content (AvgIpc) is 2.94. The molecule has 3 rings (SSSR count). The second-order valence-corrected chi connectivity index (χ2v) is 6.21. The third kappa shape index (κ3) is 4.21. The van der Waals surface area contributed by atoms with E-state index >= 15 is 0 Å². The molecule has 1 aliphatic rings. The molecule has 1 fully saturated rings. The maximum absolute atomic E-state index is 12.1. The Labute approximate surface area is 159 Å². The van der Waals surface area contributed by atoms with Crippen LogP contribution in [0.25, 0.3) is 5.69 Å². The summed E-state index contributed by atoms with van der Waals surface area (Å²) < 4.78 is 1.33. The molecule has 0 saturated carbocycles. The Balaban J connectivity index is 0.00000225. The van der Waals surface area contributed by atoms with Crippen LogP contribution in [0.5, 0.6) is 0 Å². The molecule has 2 heterocycles. The molecule has 2 aromatic rings. The fraction of sp³-hybridized carbons (Fsp3) is 0.286. The number of nitrogens with zero attached hydrogens (tertiary/aromatic N) is 3. The van der Waals surface area contributed by atoms with E-state index in [1.165, 1.54) is 29.1 Å². The summed E-state index contributed by atoms with van der Waals surface area (Å²) in [6.45, 7) is 2.36. The summed E-state index contributed by atoms with van der Waals surface area (Å²) in [5, 5.41) is 21.0. The third-order valence-electron chi connectivity index (χ3n) is 3.68. The zero-order valence-electron chi connectivity index (χ0n) is 12.7. The maximum atomic E-state index is 12.1. The van der Waals surface area contributed by atoms with E-state index in [0.717, 1.165) is 13.1 Å². The monoisotopic (exact) mass is 405 g/mol. The Hall–Kier alpha value is -1.87. The lowest BCUT2D eigenvalue weighted by atomic mass is 10.0. The highest BCUT2D eigenvalue weighted by Gasteiger charge is 2.20. The lowest BCUT2D eigenvalue weighted by Crippen LogP contribution is -2.48. The van der Waals surface area contributed by atoms with Crippen molar-refractivity contribution < 1.29 is 9.72 Å². The van der Waals surface area contributed by atoms with Crippen molar-refractivity contribution in [3.8, 4) is 5.69 Å². The predicted molar refractivity (Wildman–Crippen MR) is 96.2 cm³/mol. The van der Waals surface area contributed by atoms with Crippen LogP contribution in [0, 0.1) is 16.0 Å². The van der Waals surface area contributed by atoms with E-state index in [9.17, 15) is 14.9 Å². The topological polar surface area (TPSA) is 102 Å². The molecule has 0 atom stereocenters. The minimum Gasteiger partial charge on any atom is -0.350 e. The number of nitrogens with one attached hydrogen (secondary N) is 2. The average molecular weight is 407 g/mol. The molecule has 25 heavy (non-hydrogen) atoms. The zero-order chi connectivity index (χ0) is 17.3. The molecule has 1 aliphatic heterocycles. The number of hydrogen-bond donors (Lipinski definition) is 2. The minimum atomic E-state index is -0.585. The normalized spacial score (nSPS) is 13.7. The molecule has 2 N–H and O–H groups in total. The molecule has 0 unspecified atom stereocenters. The molecular formula is C14H14Cl3N5O3. The molecule has 1 aromatic heterocycles. The summed E-state index contributed by atoms with van der Waals surface area (Å²) >= 11 is 12.1. The van der Waals surface area contributed by atoms with E-state index in [-0.39, 0.29) is 45.4 Å². The number of nitro groups is 1. The van der Waals surface area contributed by atoms with Crippen LogP contribution < -0.4 is 10.6 Å². The molecule has 11 heteroatoms. The lowest BCUT2D eigenvalue weighted by Gasteiger charge is -2.26. The Morgan fingerprint density at radius 1 is 1.40 bits per heavy atom. The standard InChI is InChI=1S/C14H13Cl2N5O3.ClH/c15-10-3-9(21(23)24)4-11(16)13(10)20-2-1-12(19-20)14(22)18-7-8-5-17-6-8;/h1-4,8,17H,5-7H2,(H,18,22);1H. The van der Waals surface area contributed by atoms with Crippen molar-refractivity contribution in [3.63, 3.8) is 0 Å². The van der Waals surface area contributed by atoms with Crippen LogP contribution in [0.4, 0.5) is 5.69 Å². The Kier molecular flexibility index (Phi) is 6.23. The van der Waals surface area contributed by atoms with Gasteiger partial charge >= 0.3 is 0 Å². The van der Waals surface area contributed by atoms with Crippen molar-refractivity contribution in [2.24, 2.45) is 5.92 Å². The molecule has 1 saturated heterocycles. The molecule has 8 nitrogen and oxygen atoms in total. The van der Waals surface area contributed by atoms with Gasteiger partial charge in [0.05, 0.1) is 15.0 Å². The zero-order valence-corrected chi connectivity index (χ0v) is 15.1. The van der Waals surface area contributed by atoms with Crippen molar-refractivity contribution >= 4 is 47.2 Å². The number of carbonyl (C=O) groups is 1. The summed E-state index contributed by atoms with van der Waals surface area (Å²) in [5.74, 6) is 0.143. The van der Waals surface area contributed by atoms with E-state index in [1.54, 1.807) is 0 Å². The Morgan fingerprint density at radius 3 is 2.56 bits per heavy atom. The van der Waals surface area contributed by atoms with Gasteiger partial charge in [0, 0.05) is 43.9 Å². The van der Waals surface area contributed by atoms with Gasteiger partial charge in [0.2, 0.25) is 0 Å². The first-order chi connectivity index (χ1) is 11.5. The largest absolute Gasteiger partial charge is 0.350 e. The van der Waals surface area contributed by atoms with Crippen molar-refractivity contribution in [2.45, 2.75) is 0 Å². The highest BCUT2D eigenvalue weighted by atomic mass is 35.5. The van der Waals surface area contributed by atoms with Crippen molar-refractivity contribution in [1.82, 2.24) is 20.4 Å². The SMILES string of the molecule is Cl.O=C(NCC1CNC1)c1ccn(-c2c(Cl)cc([N+](=O)[O-])cc2Cl)n1. The van der Waals surface area contributed by atoms with Gasteiger partial charge in [-0.25, -0.2) is 4.68 Å². The smallest absolute Gasteiger partial charge is 0.272 e. The van der Waals surface area contributed by atoms with Gasteiger partial charge in [-0.1, -0.05) is 23.2 Å². The number of non-ortho nitro benzene ring substituents is 1. The first-order valence-electron chi connectivity index (χ1n) is 7.14. The number of aromatic nitrogens is 2. The lowest BCUT2D eigenvalue weighted by molar-refractivity contribution is -0.384. The predicted octanol–water partition coefficient (Wildman–Crippen LogP) is 2.46. The van der Waals surface area contributed by atoms with Gasteiger partial charge in [-0.15, -0.1) is 12.4 Å². The fourth-order valence-electron chi connectivity index (χ4n) is 2.27. The number of carbonyl (C=O) groups excluding carboxylic acids is 1. The van der Waals surface area contributed by atoms with Gasteiger partial charge in [0.25, 0.3) is 11.6 Å². The highest BCUT2D eigenvalue weighted by Crippen LogP contribution is 2.32. The number of hydrogen-bond acceptors (Lipinski definition) is 5. The van der Waals surface area contributed by atoms with E-state index in [4.69, 9.17) is 23.2 Å². The van der Waals surface area contributed by atoms with Crippen LogP contribution in [0.1, 0.15) is 10.5 Å². The summed E-state index contributed by atoms with van der Waals surface area (Å²) in [7, 11) is 0. The van der Waals surface area contributed by atoms with Crippen LogP contribution in [0.3, 0.4) is 0 Å². The van der Waals surface area contributed by atoms with Crippen LogP contribution in [-0.2, 0) is 0 Å². The number of amides is 1. The van der Waals surface area contributed by atoms with Gasteiger partial charge in [-0.3, -0.25) is 14.9 Å². The van der Waals surface area contributed by atoms with Crippen LogP contribution in [0.15, 0.2) is 24.4 Å². The van der Waals surface area contributed by atoms with Crippen LogP contribution in [-0.4, -0.2) is 40.2 Å². The van der Waals surface area contributed by atoms with E-state index < -0.39 is 4.92 Å². The fourth-order valence-corrected chi connectivity index (χ4v) is 2.92. The van der Waals surface area contributed by atoms with Crippen LogP contribution in [0.2, 0.25) is 10.0 Å². The van der Waals surface area contributed by atoms with Gasteiger partial charge in [0.15, 0.2) is 5.69 Å². The molecule has 134 valence electrons. The molecule has 0 aliphatic carbocycles. The minimum absolute atomic E-state index is 0. The second-order valence-electron chi connectivity index (χ2n) is 5.39. The van der Waals surface area contributed by atoms with Gasteiger partial charge in [-0.05, 0) is 6.07 Å². The van der Waals surface area contributed by atoms with E-state index in [2.05, 4.69) is 15.7 Å². The third-order valence-corrected chi connectivity index (χ3v) is 4.26. The van der Waals surface area contributed by atoms with Crippen LogP contribution >= 0.6 is 35.6 Å². The van der Waals surface area contributed by atoms with Gasteiger partial charge in [0.1, 0.15) is 5.69 Å². The Bertz CT molecular complexity index is 784. The quantitative estimate of drug-likeness (QED) is 0.586. The second kappa shape index (κ2) is 8.01. The van der Waals surface area contributed by atoms with Crippen molar-refractivity contribution in [1.29, 1.82) is 0 Å². The molecule has 1 amide bonds. The van der Waals surface area contributed by atoms with Crippen molar-refractivity contribution in [2.75, 3.05) is 19.6 Å². The number of rotatable bonds is 5. The van der Waals surface area contributed by atoms with E-state index in [1.807, 2.05) is 0 Å². The van der Waals surface area contributed by atoms with E-state index in [0.29, 0.717) is 12.5 Å². The molecule has 0 bridgehead atoms. The van der Waals surface area contributed by atoms with Gasteiger partial charge in [-0.2, -0.15) is 5.10 Å².